The Bertz CT molecular complexity index is 483. The van der Waals surface area contributed by atoms with E-state index in [1.54, 1.807) is 0 Å². The molecule has 0 spiro atoms. The molecule has 1 aromatic carbocycles. The fourth-order valence-corrected chi connectivity index (χ4v) is 1.76. The SMILES string of the molecule is Nc1cc(Br)cc(/C=C/C(=O)O)c1C(F)(F)F. The average molecular weight is 310 g/mol. The van der Waals surface area contributed by atoms with Crippen molar-refractivity contribution in [1.29, 1.82) is 0 Å². The standard InChI is InChI=1S/C10H7BrF3NO2/c11-6-3-5(1-2-8(16)17)9(7(15)4-6)10(12,13)14/h1-4H,15H2,(H,16,17)/b2-1+. The van der Waals surface area contributed by atoms with E-state index in [9.17, 15) is 18.0 Å². The summed E-state index contributed by atoms with van der Waals surface area (Å²) in [5, 5.41) is 8.40. The first-order chi connectivity index (χ1) is 7.71. The molecule has 0 aliphatic heterocycles. The van der Waals surface area contributed by atoms with Gasteiger partial charge in [-0.1, -0.05) is 15.9 Å². The second kappa shape index (κ2) is 4.79. The molecule has 0 bridgehead atoms. The molecule has 0 heterocycles. The number of alkyl halides is 3. The number of anilines is 1. The summed E-state index contributed by atoms with van der Waals surface area (Å²) in [7, 11) is 0. The van der Waals surface area contributed by atoms with E-state index >= 15 is 0 Å². The molecule has 0 aromatic heterocycles. The minimum absolute atomic E-state index is 0.299. The van der Waals surface area contributed by atoms with Crippen molar-refractivity contribution in [3.63, 3.8) is 0 Å². The van der Waals surface area contributed by atoms with Crippen LogP contribution in [0.25, 0.3) is 6.08 Å². The highest BCUT2D eigenvalue weighted by Crippen LogP contribution is 2.38. The molecule has 0 saturated heterocycles. The van der Waals surface area contributed by atoms with Crippen molar-refractivity contribution >= 4 is 33.7 Å². The van der Waals surface area contributed by atoms with Crippen molar-refractivity contribution in [2.75, 3.05) is 5.73 Å². The Morgan fingerprint density at radius 1 is 1.41 bits per heavy atom. The second-order valence-corrected chi connectivity index (χ2v) is 4.04. The Morgan fingerprint density at radius 2 is 2.00 bits per heavy atom. The highest BCUT2D eigenvalue weighted by molar-refractivity contribution is 9.10. The van der Waals surface area contributed by atoms with Crippen LogP contribution in [0, 0.1) is 0 Å². The molecule has 3 N–H and O–H groups in total. The predicted octanol–water partition coefficient (Wildman–Crippen LogP) is 3.15. The van der Waals surface area contributed by atoms with Crippen LogP contribution in [-0.2, 0) is 11.0 Å². The van der Waals surface area contributed by atoms with Gasteiger partial charge in [-0.25, -0.2) is 4.79 Å². The molecule has 0 radical (unpaired) electrons. The molecule has 0 amide bonds. The van der Waals surface area contributed by atoms with E-state index in [1.807, 2.05) is 0 Å². The van der Waals surface area contributed by atoms with Crippen molar-refractivity contribution in [2.45, 2.75) is 6.18 Å². The van der Waals surface area contributed by atoms with Gasteiger partial charge in [0.25, 0.3) is 0 Å². The Hall–Kier alpha value is -1.50. The zero-order chi connectivity index (χ0) is 13.2. The van der Waals surface area contributed by atoms with E-state index in [0.29, 0.717) is 10.5 Å². The maximum Gasteiger partial charge on any atom is 0.418 e. The van der Waals surface area contributed by atoms with Crippen LogP contribution in [0.1, 0.15) is 11.1 Å². The molecule has 1 aromatic rings. The maximum atomic E-state index is 12.7. The van der Waals surface area contributed by atoms with Crippen molar-refractivity contribution in [3.05, 3.63) is 33.8 Å². The Morgan fingerprint density at radius 3 is 2.47 bits per heavy atom. The number of aliphatic carboxylic acids is 1. The van der Waals surface area contributed by atoms with Crippen molar-refractivity contribution in [1.82, 2.24) is 0 Å². The molecular formula is C10H7BrF3NO2. The summed E-state index contributed by atoms with van der Waals surface area (Å²) < 4.78 is 38.4. The maximum absolute atomic E-state index is 12.7. The molecule has 17 heavy (non-hydrogen) atoms. The second-order valence-electron chi connectivity index (χ2n) is 3.13. The van der Waals surface area contributed by atoms with Gasteiger partial charge in [0.15, 0.2) is 0 Å². The molecule has 0 aliphatic carbocycles. The largest absolute Gasteiger partial charge is 0.478 e. The number of carboxylic acids is 1. The third kappa shape index (κ3) is 3.48. The molecule has 1 rings (SSSR count). The number of nitrogens with two attached hydrogens (primary N) is 1. The van der Waals surface area contributed by atoms with Crippen LogP contribution < -0.4 is 5.73 Å². The number of carbonyl (C=O) groups is 1. The van der Waals surface area contributed by atoms with Gasteiger partial charge in [-0.3, -0.25) is 0 Å². The molecule has 7 heteroatoms. The lowest BCUT2D eigenvalue weighted by molar-refractivity contribution is -0.137. The molecule has 92 valence electrons. The molecule has 0 unspecified atom stereocenters. The number of nitrogen functional groups attached to an aromatic ring is 1. The van der Waals surface area contributed by atoms with E-state index in [4.69, 9.17) is 10.8 Å². The lowest BCUT2D eigenvalue weighted by atomic mass is 10.0. The van der Waals surface area contributed by atoms with Gasteiger partial charge in [-0.2, -0.15) is 13.2 Å². The Labute approximate surface area is 103 Å². The molecule has 3 nitrogen and oxygen atoms in total. The van der Waals surface area contributed by atoms with Crippen LogP contribution in [0.2, 0.25) is 0 Å². The van der Waals surface area contributed by atoms with Gasteiger partial charge in [0.2, 0.25) is 0 Å². The summed E-state index contributed by atoms with van der Waals surface area (Å²) in [4.78, 5) is 10.3. The van der Waals surface area contributed by atoms with Gasteiger partial charge < -0.3 is 10.8 Å². The first-order valence-corrected chi connectivity index (χ1v) is 5.08. The Balaban J connectivity index is 3.41. The number of hydrogen-bond donors (Lipinski definition) is 2. The van der Waals surface area contributed by atoms with E-state index in [0.717, 1.165) is 18.2 Å². The summed E-state index contributed by atoms with van der Waals surface area (Å²) in [5.41, 5.74) is 3.48. The summed E-state index contributed by atoms with van der Waals surface area (Å²) in [5.74, 6) is -1.34. The third-order valence-corrected chi connectivity index (χ3v) is 2.31. The van der Waals surface area contributed by atoms with Crippen LogP contribution in [0.4, 0.5) is 18.9 Å². The van der Waals surface area contributed by atoms with Gasteiger partial charge in [-0.05, 0) is 23.8 Å². The molecule has 0 aliphatic rings. The molecule has 0 atom stereocenters. The van der Waals surface area contributed by atoms with Gasteiger partial charge in [-0.15, -0.1) is 0 Å². The predicted molar refractivity (Wildman–Crippen MR) is 60.2 cm³/mol. The summed E-state index contributed by atoms with van der Waals surface area (Å²) in [6, 6.07) is 2.26. The number of carboxylic acid groups (broad SMARTS) is 1. The average Bonchev–Trinajstić information content (AvgIpc) is 2.10. The highest BCUT2D eigenvalue weighted by atomic mass is 79.9. The summed E-state index contributed by atoms with van der Waals surface area (Å²) in [6.07, 6.45) is -3.16. The van der Waals surface area contributed by atoms with Crippen LogP contribution >= 0.6 is 15.9 Å². The van der Waals surface area contributed by atoms with E-state index in [2.05, 4.69) is 15.9 Å². The topological polar surface area (TPSA) is 63.3 Å². The first-order valence-electron chi connectivity index (χ1n) is 4.29. The summed E-state index contributed by atoms with van der Waals surface area (Å²) in [6.45, 7) is 0. The van der Waals surface area contributed by atoms with E-state index in [-0.39, 0.29) is 5.56 Å². The fourth-order valence-electron chi connectivity index (χ4n) is 1.27. The zero-order valence-electron chi connectivity index (χ0n) is 8.25. The van der Waals surface area contributed by atoms with Gasteiger partial charge in [0.05, 0.1) is 5.56 Å². The van der Waals surface area contributed by atoms with Crippen LogP contribution in [-0.4, -0.2) is 11.1 Å². The number of rotatable bonds is 2. The third-order valence-electron chi connectivity index (χ3n) is 1.85. The van der Waals surface area contributed by atoms with Gasteiger partial charge >= 0.3 is 12.1 Å². The van der Waals surface area contributed by atoms with Gasteiger partial charge in [0, 0.05) is 16.2 Å². The highest BCUT2D eigenvalue weighted by Gasteiger charge is 2.35. The number of benzene rings is 1. The number of hydrogen-bond acceptors (Lipinski definition) is 2. The van der Waals surface area contributed by atoms with Gasteiger partial charge in [0.1, 0.15) is 0 Å². The smallest absolute Gasteiger partial charge is 0.418 e. The fraction of sp³-hybridized carbons (Fsp3) is 0.100. The Kier molecular flexibility index (Phi) is 3.82. The van der Waals surface area contributed by atoms with E-state index in [1.165, 1.54) is 0 Å². The molecule has 0 saturated carbocycles. The quantitative estimate of drug-likeness (QED) is 0.651. The van der Waals surface area contributed by atoms with Crippen molar-refractivity contribution < 1.29 is 23.1 Å². The van der Waals surface area contributed by atoms with Crippen LogP contribution in [0.3, 0.4) is 0 Å². The summed E-state index contributed by atoms with van der Waals surface area (Å²) >= 11 is 2.99. The van der Waals surface area contributed by atoms with Crippen LogP contribution in [0.15, 0.2) is 22.7 Å². The molecule has 0 fully saturated rings. The van der Waals surface area contributed by atoms with E-state index < -0.39 is 23.4 Å². The minimum Gasteiger partial charge on any atom is -0.478 e. The minimum atomic E-state index is -4.64. The van der Waals surface area contributed by atoms with Crippen LogP contribution in [0.5, 0.6) is 0 Å². The lowest BCUT2D eigenvalue weighted by Crippen LogP contribution is -2.11. The first kappa shape index (κ1) is 13.6. The normalized spacial score (nSPS) is 12.0. The molecular weight excluding hydrogens is 303 g/mol. The monoisotopic (exact) mass is 309 g/mol. The van der Waals surface area contributed by atoms with Crippen molar-refractivity contribution in [2.24, 2.45) is 0 Å². The number of halogens is 4. The lowest BCUT2D eigenvalue weighted by Gasteiger charge is -2.13. The zero-order valence-corrected chi connectivity index (χ0v) is 9.84. The van der Waals surface area contributed by atoms with Crippen molar-refractivity contribution in [3.8, 4) is 0 Å².